The maximum atomic E-state index is 11.6. The second-order valence-corrected chi connectivity index (χ2v) is 4.54. The number of aryl methyl sites for hydroxylation is 1. The highest BCUT2D eigenvalue weighted by Crippen LogP contribution is 2.09. The lowest BCUT2D eigenvalue weighted by molar-refractivity contribution is -0.137. The molecule has 21 heavy (non-hydrogen) atoms. The van der Waals surface area contributed by atoms with E-state index in [9.17, 15) is 9.59 Å². The Labute approximate surface area is 123 Å². The van der Waals surface area contributed by atoms with Gasteiger partial charge in [-0.2, -0.15) is 0 Å². The molecule has 0 fully saturated rings. The lowest BCUT2D eigenvalue weighted by Crippen LogP contribution is -2.12. The zero-order chi connectivity index (χ0) is 15.7. The standard InChI is InChI=1S/C14H21N3O4/c1-3-21-13(20)11-9-16-14(17-10(11)2)15-8-6-4-5-7-12(18)19/h9H,3-8H2,1-2H3,(H,18,19)(H,15,16,17). The number of aliphatic carboxylic acids is 1. The summed E-state index contributed by atoms with van der Waals surface area (Å²) in [5, 5.41) is 11.6. The largest absolute Gasteiger partial charge is 0.481 e. The van der Waals surface area contributed by atoms with Crippen molar-refractivity contribution in [1.29, 1.82) is 0 Å². The van der Waals surface area contributed by atoms with Crippen molar-refractivity contribution in [2.75, 3.05) is 18.5 Å². The van der Waals surface area contributed by atoms with E-state index in [-0.39, 0.29) is 6.42 Å². The molecule has 0 aromatic carbocycles. The van der Waals surface area contributed by atoms with Gasteiger partial charge in [-0.3, -0.25) is 4.79 Å². The van der Waals surface area contributed by atoms with E-state index in [1.54, 1.807) is 13.8 Å². The number of hydrogen-bond acceptors (Lipinski definition) is 6. The van der Waals surface area contributed by atoms with E-state index >= 15 is 0 Å². The molecule has 0 unspecified atom stereocenters. The van der Waals surface area contributed by atoms with Crippen LogP contribution in [0.3, 0.4) is 0 Å². The quantitative estimate of drug-likeness (QED) is 0.530. The Balaban J connectivity index is 2.38. The highest BCUT2D eigenvalue weighted by atomic mass is 16.5. The number of anilines is 1. The predicted octanol–water partition coefficient (Wildman–Crippen LogP) is 2.02. The zero-order valence-electron chi connectivity index (χ0n) is 12.4. The van der Waals surface area contributed by atoms with E-state index in [1.807, 2.05) is 0 Å². The second kappa shape index (κ2) is 8.89. The molecule has 0 bridgehead atoms. The monoisotopic (exact) mass is 295 g/mol. The van der Waals surface area contributed by atoms with Gasteiger partial charge in [0.1, 0.15) is 0 Å². The molecule has 0 aliphatic heterocycles. The molecule has 0 amide bonds. The number of ether oxygens (including phenoxy) is 1. The first-order chi connectivity index (χ1) is 10.0. The summed E-state index contributed by atoms with van der Waals surface area (Å²) in [6, 6.07) is 0. The molecule has 2 N–H and O–H groups in total. The highest BCUT2D eigenvalue weighted by molar-refractivity contribution is 5.90. The summed E-state index contributed by atoms with van der Waals surface area (Å²) in [5.74, 6) is -0.731. The summed E-state index contributed by atoms with van der Waals surface area (Å²) in [6.07, 6.45) is 3.99. The Morgan fingerprint density at radius 3 is 2.71 bits per heavy atom. The normalized spacial score (nSPS) is 10.2. The van der Waals surface area contributed by atoms with Gasteiger partial charge in [0.25, 0.3) is 0 Å². The molecule has 0 aliphatic carbocycles. The van der Waals surface area contributed by atoms with E-state index in [1.165, 1.54) is 6.20 Å². The van der Waals surface area contributed by atoms with Crippen molar-refractivity contribution in [3.63, 3.8) is 0 Å². The second-order valence-electron chi connectivity index (χ2n) is 4.54. The van der Waals surface area contributed by atoms with E-state index in [0.717, 1.165) is 12.8 Å². The third-order valence-corrected chi connectivity index (χ3v) is 2.83. The number of carboxylic acids is 1. The van der Waals surface area contributed by atoms with Crippen LogP contribution in [0.15, 0.2) is 6.20 Å². The Bertz CT molecular complexity index is 491. The molecule has 7 nitrogen and oxygen atoms in total. The van der Waals surface area contributed by atoms with Crippen LogP contribution < -0.4 is 5.32 Å². The van der Waals surface area contributed by atoms with Crippen molar-refractivity contribution < 1.29 is 19.4 Å². The van der Waals surface area contributed by atoms with Crippen LogP contribution in [0.4, 0.5) is 5.95 Å². The van der Waals surface area contributed by atoms with Crippen molar-refractivity contribution in [3.05, 3.63) is 17.5 Å². The average Bonchev–Trinajstić information content (AvgIpc) is 2.42. The predicted molar refractivity (Wildman–Crippen MR) is 77.3 cm³/mol. The van der Waals surface area contributed by atoms with Crippen molar-refractivity contribution >= 4 is 17.9 Å². The maximum absolute atomic E-state index is 11.6. The van der Waals surface area contributed by atoms with Crippen molar-refractivity contribution in [3.8, 4) is 0 Å². The SMILES string of the molecule is CCOC(=O)c1cnc(NCCCCCC(=O)O)nc1C. The van der Waals surface area contributed by atoms with Gasteiger partial charge in [-0.05, 0) is 26.7 Å². The van der Waals surface area contributed by atoms with Gasteiger partial charge < -0.3 is 15.2 Å². The Kier molecular flexibility index (Phi) is 7.14. The lowest BCUT2D eigenvalue weighted by atomic mass is 10.2. The van der Waals surface area contributed by atoms with Crippen molar-refractivity contribution in [2.45, 2.75) is 39.5 Å². The van der Waals surface area contributed by atoms with Crippen LogP contribution in [-0.2, 0) is 9.53 Å². The molecule has 0 spiro atoms. The Morgan fingerprint density at radius 1 is 1.33 bits per heavy atom. The average molecular weight is 295 g/mol. The summed E-state index contributed by atoms with van der Waals surface area (Å²) in [6.45, 7) is 4.45. The van der Waals surface area contributed by atoms with Crippen LogP contribution in [0.5, 0.6) is 0 Å². The molecule has 1 rings (SSSR count). The Morgan fingerprint density at radius 2 is 2.10 bits per heavy atom. The van der Waals surface area contributed by atoms with E-state index in [0.29, 0.717) is 36.8 Å². The summed E-state index contributed by atoms with van der Waals surface area (Å²) in [5.41, 5.74) is 0.931. The van der Waals surface area contributed by atoms with Gasteiger partial charge in [0.15, 0.2) is 0 Å². The Hall–Kier alpha value is -2.18. The molecule has 116 valence electrons. The smallest absolute Gasteiger partial charge is 0.341 e. The van der Waals surface area contributed by atoms with Crippen LogP contribution in [-0.4, -0.2) is 40.2 Å². The fourth-order valence-electron chi connectivity index (χ4n) is 1.74. The summed E-state index contributed by atoms with van der Waals surface area (Å²) in [4.78, 5) is 30.2. The number of carbonyl (C=O) groups is 2. The molecular formula is C14H21N3O4. The van der Waals surface area contributed by atoms with Gasteiger partial charge >= 0.3 is 11.9 Å². The molecule has 7 heteroatoms. The molecule has 0 atom stereocenters. The van der Waals surface area contributed by atoms with Crippen molar-refractivity contribution in [1.82, 2.24) is 9.97 Å². The molecule has 1 aromatic rings. The van der Waals surface area contributed by atoms with Crippen molar-refractivity contribution in [2.24, 2.45) is 0 Å². The minimum atomic E-state index is -0.767. The van der Waals surface area contributed by atoms with Gasteiger partial charge in [0.05, 0.1) is 17.9 Å². The third-order valence-electron chi connectivity index (χ3n) is 2.83. The van der Waals surface area contributed by atoms with Crippen LogP contribution in [0, 0.1) is 6.92 Å². The molecule has 1 heterocycles. The van der Waals surface area contributed by atoms with Gasteiger partial charge in [-0.25, -0.2) is 14.8 Å². The van der Waals surface area contributed by atoms with E-state index in [4.69, 9.17) is 9.84 Å². The van der Waals surface area contributed by atoms with Crippen LogP contribution in [0.2, 0.25) is 0 Å². The fourth-order valence-corrected chi connectivity index (χ4v) is 1.74. The number of rotatable bonds is 9. The third kappa shape index (κ3) is 6.20. The molecule has 0 saturated carbocycles. The first-order valence-corrected chi connectivity index (χ1v) is 7.01. The first kappa shape index (κ1) is 16.9. The minimum absolute atomic E-state index is 0.198. The van der Waals surface area contributed by atoms with Gasteiger partial charge in [0.2, 0.25) is 5.95 Å². The fraction of sp³-hybridized carbons (Fsp3) is 0.571. The van der Waals surface area contributed by atoms with E-state index < -0.39 is 11.9 Å². The number of nitrogens with one attached hydrogen (secondary N) is 1. The maximum Gasteiger partial charge on any atom is 0.341 e. The number of esters is 1. The number of unbranched alkanes of at least 4 members (excludes halogenated alkanes) is 2. The summed E-state index contributed by atoms with van der Waals surface area (Å²) >= 11 is 0. The number of nitrogens with zero attached hydrogens (tertiary/aromatic N) is 2. The van der Waals surface area contributed by atoms with Crippen LogP contribution in [0.25, 0.3) is 0 Å². The summed E-state index contributed by atoms with van der Waals surface area (Å²) < 4.78 is 4.91. The van der Waals surface area contributed by atoms with Gasteiger partial charge in [-0.15, -0.1) is 0 Å². The number of carbonyl (C=O) groups excluding carboxylic acids is 1. The molecule has 0 saturated heterocycles. The topological polar surface area (TPSA) is 101 Å². The molecule has 0 aliphatic rings. The number of hydrogen-bond donors (Lipinski definition) is 2. The zero-order valence-corrected chi connectivity index (χ0v) is 12.4. The van der Waals surface area contributed by atoms with Crippen LogP contribution in [0.1, 0.15) is 48.7 Å². The van der Waals surface area contributed by atoms with Gasteiger partial charge in [-0.1, -0.05) is 6.42 Å². The number of carboxylic acid groups (broad SMARTS) is 1. The first-order valence-electron chi connectivity index (χ1n) is 7.01. The summed E-state index contributed by atoms with van der Waals surface area (Å²) in [7, 11) is 0. The minimum Gasteiger partial charge on any atom is -0.481 e. The van der Waals surface area contributed by atoms with Crippen LogP contribution >= 0.6 is 0 Å². The molecular weight excluding hydrogens is 274 g/mol. The molecule has 0 radical (unpaired) electrons. The van der Waals surface area contributed by atoms with E-state index in [2.05, 4.69) is 15.3 Å². The lowest BCUT2D eigenvalue weighted by Gasteiger charge is -2.08. The number of aromatic nitrogens is 2. The highest BCUT2D eigenvalue weighted by Gasteiger charge is 2.12. The van der Waals surface area contributed by atoms with Gasteiger partial charge in [0, 0.05) is 19.2 Å². The molecule has 1 aromatic heterocycles.